The van der Waals surface area contributed by atoms with Crippen molar-refractivity contribution in [3.8, 4) is 0 Å². The summed E-state index contributed by atoms with van der Waals surface area (Å²) < 4.78 is 25.9. The number of rotatable bonds is 3. The summed E-state index contributed by atoms with van der Waals surface area (Å²) in [7, 11) is 0. The number of hydrogen-bond acceptors (Lipinski definition) is 2. The van der Waals surface area contributed by atoms with Crippen molar-refractivity contribution in [3.05, 3.63) is 46.8 Å². The molecule has 3 nitrogen and oxygen atoms in total. The Morgan fingerprint density at radius 3 is 2.35 bits per heavy atom. The molecule has 5 heteroatoms. The van der Waals surface area contributed by atoms with Crippen molar-refractivity contribution in [2.75, 3.05) is 5.32 Å². The van der Waals surface area contributed by atoms with Crippen LogP contribution in [0.1, 0.15) is 17.0 Å². The van der Waals surface area contributed by atoms with E-state index < -0.39 is 11.6 Å². The van der Waals surface area contributed by atoms with E-state index in [0.29, 0.717) is 12.1 Å². The number of nitrogens with zero attached hydrogens (tertiary/aromatic N) is 1. The Bertz CT molecular complexity index is 495. The number of H-pyrrole nitrogens is 1. The van der Waals surface area contributed by atoms with Crippen molar-refractivity contribution < 1.29 is 8.78 Å². The minimum atomic E-state index is -0.567. The molecule has 0 aliphatic carbocycles. The number of benzene rings is 1. The van der Waals surface area contributed by atoms with Crippen molar-refractivity contribution in [1.82, 2.24) is 10.2 Å². The van der Waals surface area contributed by atoms with E-state index in [4.69, 9.17) is 0 Å². The Hall–Kier alpha value is -1.91. The van der Waals surface area contributed by atoms with Crippen LogP contribution in [0, 0.1) is 25.5 Å². The van der Waals surface area contributed by atoms with Crippen molar-refractivity contribution in [3.63, 3.8) is 0 Å². The summed E-state index contributed by atoms with van der Waals surface area (Å²) in [6.07, 6.45) is 0. The molecule has 0 aliphatic rings. The van der Waals surface area contributed by atoms with Gasteiger partial charge in [-0.1, -0.05) is 0 Å². The average Bonchev–Trinajstić information content (AvgIpc) is 2.55. The van der Waals surface area contributed by atoms with Gasteiger partial charge in [0, 0.05) is 12.6 Å². The van der Waals surface area contributed by atoms with Gasteiger partial charge in [-0.2, -0.15) is 5.10 Å². The maximum absolute atomic E-state index is 13.0. The second-order valence-corrected chi connectivity index (χ2v) is 3.94. The predicted octanol–water partition coefficient (Wildman–Crippen LogP) is 2.92. The molecule has 1 heterocycles. The maximum Gasteiger partial charge on any atom is 0.126 e. The van der Waals surface area contributed by atoms with Crippen LogP contribution in [0.5, 0.6) is 0 Å². The average molecular weight is 237 g/mol. The topological polar surface area (TPSA) is 40.7 Å². The molecule has 90 valence electrons. The highest BCUT2D eigenvalue weighted by Crippen LogP contribution is 2.17. The number of aromatic amines is 1. The van der Waals surface area contributed by atoms with E-state index in [-0.39, 0.29) is 0 Å². The summed E-state index contributed by atoms with van der Waals surface area (Å²) >= 11 is 0. The van der Waals surface area contributed by atoms with E-state index in [9.17, 15) is 8.78 Å². The summed E-state index contributed by atoms with van der Waals surface area (Å²) in [6.45, 7) is 4.10. The summed E-state index contributed by atoms with van der Waals surface area (Å²) in [5.74, 6) is -1.13. The Balaban J connectivity index is 2.12. The Morgan fingerprint density at radius 1 is 1.18 bits per heavy atom. The smallest absolute Gasteiger partial charge is 0.126 e. The number of nitrogens with one attached hydrogen (secondary N) is 2. The molecule has 17 heavy (non-hydrogen) atoms. The molecule has 0 fully saturated rings. The quantitative estimate of drug-likeness (QED) is 0.861. The summed E-state index contributed by atoms with van der Waals surface area (Å²) in [4.78, 5) is 0. The van der Waals surface area contributed by atoms with Gasteiger partial charge in [0.25, 0.3) is 0 Å². The van der Waals surface area contributed by atoms with Gasteiger partial charge in [0.05, 0.1) is 17.1 Å². The predicted molar refractivity (Wildman–Crippen MR) is 61.7 cm³/mol. The van der Waals surface area contributed by atoms with Crippen molar-refractivity contribution in [2.24, 2.45) is 0 Å². The minimum Gasteiger partial charge on any atom is -0.378 e. The lowest BCUT2D eigenvalue weighted by Gasteiger charge is -2.06. The second-order valence-electron chi connectivity index (χ2n) is 3.94. The molecule has 0 bridgehead atoms. The van der Waals surface area contributed by atoms with Gasteiger partial charge >= 0.3 is 0 Å². The Kier molecular flexibility index (Phi) is 3.08. The number of anilines is 1. The van der Waals surface area contributed by atoms with Crippen LogP contribution in [-0.2, 0) is 6.54 Å². The van der Waals surface area contributed by atoms with Crippen molar-refractivity contribution >= 4 is 5.69 Å². The molecule has 2 N–H and O–H groups in total. The third-order valence-corrected chi connectivity index (χ3v) is 2.52. The number of aromatic nitrogens is 2. The van der Waals surface area contributed by atoms with E-state index in [0.717, 1.165) is 23.1 Å². The highest BCUT2D eigenvalue weighted by molar-refractivity contribution is 5.51. The first-order valence-corrected chi connectivity index (χ1v) is 5.26. The van der Waals surface area contributed by atoms with E-state index in [1.807, 2.05) is 13.8 Å². The van der Waals surface area contributed by atoms with E-state index in [1.54, 1.807) is 0 Å². The zero-order chi connectivity index (χ0) is 12.4. The van der Waals surface area contributed by atoms with Crippen LogP contribution >= 0.6 is 0 Å². The lowest BCUT2D eigenvalue weighted by Crippen LogP contribution is -2.02. The Morgan fingerprint density at radius 2 is 1.82 bits per heavy atom. The fourth-order valence-electron chi connectivity index (χ4n) is 1.71. The van der Waals surface area contributed by atoms with Gasteiger partial charge in [0.1, 0.15) is 11.6 Å². The van der Waals surface area contributed by atoms with Gasteiger partial charge in [-0.15, -0.1) is 0 Å². The number of aryl methyl sites for hydroxylation is 2. The molecular weight excluding hydrogens is 224 g/mol. The first-order valence-electron chi connectivity index (χ1n) is 5.26. The van der Waals surface area contributed by atoms with Gasteiger partial charge < -0.3 is 5.32 Å². The van der Waals surface area contributed by atoms with Gasteiger partial charge in [-0.05, 0) is 31.5 Å². The lowest BCUT2D eigenvalue weighted by atomic mass is 10.2. The summed E-state index contributed by atoms with van der Waals surface area (Å²) in [5.41, 5.74) is 3.16. The summed E-state index contributed by atoms with van der Waals surface area (Å²) in [5, 5.41) is 9.97. The molecule has 2 aromatic rings. The van der Waals surface area contributed by atoms with E-state index in [1.165, 1.54) is 12.1 Å². The molecule has 2 rings (SSSR count). The molecular formula is C12H13F2N3. The molecule has 0 radical (unpaired) electrons. The van der Waals surface area contributed by atoms with E-state index in [2.05, 4.69) is 15.5 Å². The van der Waals surface area contributed by atoms with Crippen LogP contribution in [0.2, 0.25) is 0 Å². The van der Waals surface area contributed by atoms with Crippen LogP contribution in [-0.4, -0.2) is 10.2 Å². The molecule has 1 aromatic heterocycles. The molecule has 0 saturated carbocycles. The lowest BCUT2D eigenvalue weighted by molar-refractivity contribution is 0.580. The zero-order valence-corrected chi connectivity index (χ0v) is 9.64. The van der Waals surface area contributed by atoms with Gasteiger partial charge in [-0.25, -0.2) is 8.78 Å². The van der Waals surface area contributed by atoms with Gasteiger partial charge in [0.2, 0.25) is 0 Å². The number of halogens is 2. The number of hydrogen-bond donors (Lipinski definition) is 2. The zero-order valence-electron chi connectivity index (χ0n) is 9.64. The monoisotopic (exact) mass is 237 g/mol. The Labute approximate surface area is 97.9 Å². The standard InChI is InChI=1S/C12H13F2N3/c1-7-12(8(2)17-16-7)15-6-9-3-10(13)5-11(14)4-9/h3-5,15H,6H2,1-2H3,(H,16,17). The molecule has 0 unspecified atom stereocenters. The van der Waals surface area contributed by atoms with Gasteiger partial charge in [-0.3, -0.25) is 5.10 Å². The highest BCUT2D eigenvalue weighted by atomic mass is 19.1. The second kappa shape index (κ2) is 4.53. The van der Waals surface area contributed by atoms with Crippen LogP contribution in [0.3, 0.4) is 0 Å². The first-order chi connectivity index (χ1) is 8.06. The van der Waals surface area contributed by atoms with E-state index >= 15 is 0 Å². The molecule has 0 saturated heterocycles. The van der Waals surface area contributed by atoms with Crippen molar-refractivity contribution in [2.45, 2.75) is 20.4 Å². The van der Waals surface area contributed by atoms with Crippen LogP contribution in [0.4, 0.5) is 14.5 Å². The van der Waals surface area contributed by atoms with Crippen LogP contribution in [0.15, 0.2) is 18.2 Å². The fourth-order valence-corrected chi connectivity index (χ4v) is 1.71. The van der Waals surface area contributed by atoms with Crippen LogP contribution in [0.25, 0.3) is 0 Å². The fraction of sp³-hybridized carbons (Fsp3) is 0.250. The first kappa shape index (κ1) is 11.6. The van der Waals surface area contributed by atoms with Gasteiger partial charge in [0.15, 0.2) is 0 Å². The van der Waals surface area contributed by atoms with Crippen molar-refractivity contribution in [1.29, 1.82) is 0 Å². The largest absolute Gasteiger partial charge is 0.378 e. The minimum absolute atomic E-state index is 0.357. The molecule has 1 aromatic carbocycles. The normalized spacial score (nSPS) is 10.6. The summed E-state index contributed by atoms with van der Waals surface area (Å²) in [6, 6.07) is 3.47. The molecule has 0 amide bonds. The van der Waals surface area contributed by atoms with Crippen LogP contribution < -0.4 is 5.32 Å². The molecule has 0 aliphatic heterocycles. The third kappa shape index (κ3) is 2.61. The maximum atomic E-state index is 13.0. The highest BCUT2D eigenvalue weighted by Gasteiger charge is 2.06. The molecule has 0 atom stereocenters. The SMILES string of the molecule is Cc1n[nH]c(C)c1NCc1cc(F)cc(F)c1. The molecule has 0 spiro atoms. The third-order valence-electron chi connectivity index (χ3n) is 2.52.